The summed E-state index contributed by atoms with van der Waals surface area (Å²) in [7, 11) is -1.48. The van der Waals surface area contributed by atoms with E-state index in [0.29, 0.717) is 22.7 Å². The van der Waals surface area contributed by atoms with E-state index in [1.807, 2.05) is 13.8 Å². The number of ether oxygens (including phenoxy) is 1. The molecule has 1 aromatic carbocycles. The van der Waals surface area contributed by atoms with E-state index in [1.165, 1.54) is 12.1 Å². The van der Waals surface area contributed by atoms with Gasteiger partial charge in [0.05, 0.1) is 17.9 Å². The SMILES string of the molecule is Cc1nc(NC(=O)CS(=O)Cc2ccc(C(=O)O)cc2)sc1C(=O)OCC(C)C. The van der Waals surface area contributed by atoms with Gasteiger partial charge in [-0.15, -0.1) is 0 Å². The molecule has 2 rings (SSSR count). The van der Waals surface area contributed by atoms with Crippen molar-refractivity contribution in [3.05, 3.63) is 46.0 Å². The molecule has 0 aliphatic rings. The smallest absolute Gasteiger partial charge is 0.350 e. The maximum atomic E-state index is 12.2. The Labute approximate surface area is 174 Å². The summed E-state index contributed by atoms with van der Waals surface area (Å²) in [6, 6.07) is 5.98. The zero-order chi connectivity index (χ0) is 21.6. The number of carbonyl (C=O) groups is 3. The third-order valence-electron chi connectivity index (χ3n) is 3.60. The highest BCUT2D eigenvalue weighted by Gasteiger charge is 2.19. The summed E-state index contributed by atoms with van der Waals surface area (Å²) < 4.78 is 17.4. The molecular formula is C19H22N2O6S2. The highest BCUT2D eigenvalue weighted by atomic mass is 32.2. The number of rotatable bonds is 9. The van der Waals surface area contributed by atoms with Gasteiger partial charge in [0.15, 0.2) is 5.13 Å². The number of aromatic nitrogens is 1. The van der Waals surface area contributed by atoms with Crippen LogP contribution in [0.25, 0.3) is 0 Å². The summed E-state index contributed by atoms with van der Waals surface area (Å²) in [5.41, 5.74) is 1.26. The molecule has 10 heteroatoms. The number of hydrogen-bond acceptors (Lipinski definition) is 7. The second-order valence-electron chi connectivity index (χ2n) is 6.70. The van der Waals surface area contributed by atoms with E-state index in [0.717, 1.165) is 11.3 Å². The fourth-order valence-corrected chi connectivity index (χ4v) is 4.14. The Morgan fingerprint density at radius 1 is 1.24 bits per heavy atom. The van der Waals surface area contributed by atoms with Crippen LogP contribution in [0.5, 0.6) is 0 Å². The van der Waals surface area contributed by atoms with Crippen molar-refractivity contribution in [1.29, 1.82) is 0 Å². The number of carboxylic acids is 1. The van der Waals surface area contributed by atoms with Crippen LogP contribution in [0.2, 0.25) is 0 Å². The van der Waals surface area contributed by atoms with Crippen molar-refractivity contribution < 1.29 is 28.4 Å². The molecule has 156 valence electrons. The molecule has 1 unspecified atom stereocenters. The molecule has 0 spiro atoms. The van der Waals surface area contributed by atoms with E-state index < -0.39 is 28.6 Å². The predicted molar refractivity (Wildman–Crippen MR) is 111 cm³/mol. The van der Waals surface area contributed by atoms with E-state index in [-0.39, 0.29) is 28.1 Å². The fourth-order valence-electron chi connectivity index (χ4n) is 2.23. The number of aromatic carboxylic acids is 1. The Morgan fingerprint density at radius 2 is 1.90 bits per heavy atom. The van der Waals surface area contributed by atoms with E-state index >= 15 is 0 Å². The molecule has 0 aliphatic heterocycles. The van der Waals surface area contributed by atoms with Gasteiger partial charge < -0.3 is 15.2 Å². The van der Waals surface area contributed by atoms with Crippen LogP contribution in [-0.4, -0.2) is 44.5 Å². The Kier molecular flexibility index (Phi) is 8.03. The number of nitrogens with one attached hydrogen (secondary N) is 1. The van der Waals surface area contributed by atoms with Gasteiger partial charge in [-0.25, -0.2) is 14.6 Å². The largest absolute Gasteiger partial charge is 0.478 e. The average molecular weight is 439 g/mol. The molecule has 0 saturated heterocycles. The van der Waals surface area contributed by atoms with Gasteiger partial charge in [-0.3, -0.25) is 9.00 Å². The van der Waals surface area contributed by atoms with Crippen LogP contribution < -0.4 is 5.32 Å². The zero-order valence-corrected chi connectivity index (χ0v) is 17.9. The van der Waals surface area contributed by atoms with Gasteiger partial charge >= 0.3 is 11.9 Å². The van der Waals surface area contributed by atoms with Gasteiger partial charge in [0.25, 0.3) is 0 Å². The summed E-state index contributed by atoms with van der Waals surface area (Å²) in [6.07, 6.45) is 0. The van der Waals surface area contributed by atoms with Crippen LogP contribution in [0.15, 0.2) is 24.3 Å². The molecule has 0 radical (unpaired) electrons. The fraction of sp³-hybridized carbons (Fsp3) is 0.368. The number of amides is 1. The number of thiazole rings is 1. The first-order valence-electron chi connectivity index (χ1n) is 8.77. The van der Waals surface area contributed by atoms with Gasteiger partial charge in [-0.05, 0) is 30.5 Å². The molecule has 1 atom stereocenters. The minimum absolute atomic E-state index is 0.122. The summed E-state index contributed by atoms with van der Waals surface area (Å²) >= 11 is 1.01. The summed E-state index contributed by atoms with van der Waals surface area (Å²) in [6.45, 7) is 5.81. The monoisotopic (exact) mass is 438 g/mol. The number of carbonyl (C=O) groups excluding carboxylic acids is 2. The normalized spacial score (nSPS) is 11.9. The molecular weight excluding hydrogens is 416 g/mol. The standard InChI is InChI=1S/C19H22N2O6S2/c1-11(2)8-27-18(25)16-12(3)20-19(28-16)21-15(22)10-29(26)9-13-4-6-14(7-5-13)17(23)24/h4-7,11H,8-10H2,1-3H3,(H,23,24)(H,20,21,22). The first-order chi connectivity index (χ1) is 13.7. The zero-order valence-electron chi connectivity index (χ0n) is 16.3. The van der Waals surface area contributed by atoms with Crippen molar-refractivity contribution in [2.24, 2.45) is 5.92 Å². The van der Waals surface area contributed by atoms with Crippen molar-refractivity contribution in [2.45, 2.75) is 26.5 Å². The molecule has 29 heavy (non-hydrogen) atoms. The van der Waals surface area contributed by atoms with E-state index in [2.05, 4.69) is 10.3 Å². The second-order valence-corrected chi connectivity index (χ2v) is 9.16. The van der Waals surface area contributed by atoms with Gasteiger partial charge in [0.1, 0.15) is 10.6 Å². The summed E-state index contributed by atoms with van der Waals surface area (Å²) in [5, 5.41) is 11.7. The molecule has 0 saturated carbocycles. The molecule has 0 bridgehead atoms. The lowest BCUT2D eigenvalue weighted by molar-refractivity contribution is -0.113. The van der Waals surface area contributed by atoms with E-state index in [4.69, 9.17) is 9.84 Å². The molecule has 1 amide bonds. The van der Waals surface area contributed by atoms with Crippen LogP contribution in [0.4, 0.5) is 5.13 Å². The van der Waals surface area contributed by atoms with Crippen LogP contribution >= 0.6 is 11.3 Å². The Balaban J connectivity index is 1.90. The Hall–Kier alpha value is -2.59. The highest BCUT2D eigenvalue weighted by Crippen LogP contribution is 2.23. The number of nitrogens with zero attached hydrogens (tertiary/aromatic N) is 1. The first kappa shape index (κ1) is 22.7. The topological polar surface area (TPSA) is 123 Å². The third-order valence-corrected chi connectivity index (χ3v) is 5.89. The van der Waals surface area contributed by atoms with Gasteiger partial charge in [-0.1, -0.05) is 37.3 Å². The lowest BCUT2D eigenvalue weighted by Crippen LogP contribution is -2.20. The molecule has 0 aliphatic carbocycles. The van der Waals surface area contributed by atoms with Crippen molar-refractivity contribution in [2.75, 3.05) is 17.7 Å². The lowest BCUT2D eigenvalue weighted by atomic mass is 10.1. The summed E-state index contributed by atoms with van der Waals surface area (Å²) in [5.74, 6) is -1.92. The number of benzene rings is 1. The van der Waals surface area contributed by atoms with E-state index in [9.17, 15) is 18.6 Å². The molecule has 1 heterocycles. The quantitative estimate of drug-likeness (QED) is 0.577. The Bertz CT molecular complexity index is 921. The molecule has 1 aromatic heterocycles. The number of anilines is 1. The second kappa shape index (κ2) is 10.3. The molecule has 2 N–H and O–H groups in total. The molecule has 2 aromatic rings. The third kappa shape index (κ3) is 7.06. The lowest BCUT2D eigenvalue weighted by Gasteiger charge is -2.05. The van der Waals surface area contributed by atoms with Crippen LogP contribution in [0.3, 0.4) is 0 Å². The van der Waals surface area contributed by atoms with Crippen molar-refractivity contribution in [3.63, 3.8) is 0 Å². The van der Waals surface area contributed by atoms with Crippen molar-refractivity contribution >= 4 is 45.1 Å². The van der Waals surface area contributed by atoms with Gasteiger partial charge in [0, 0.05) is 16.6 Å². The number of hydrogen-bond donors (Lipinski definition) is 2. The van der Waals surface area contributed by atoms with E-state index in [1.54, 1.807) is 19.1 Å². The minimum Gasteiger partial charge on any atom is -0.478 e. The molecule has 8 nitrogen and oxygen atoms in total. The highest BCUT2D eigenvalue weighted by molar-refractivity contribution is 7.85. The van der Waals surface area contributed by atoms with Crippen molar-refractivity contribution in [3.8, 4) is 0 Å². The van der Waals surface area contributed by atoms with Crippen LogP contribution in [0.1, 0.15) is 45.1 Å². The maximum absolute atomic E-state index is 12.2. The van der Waals surface area contributed by atoms with Crippen molar-refractivity contribution in [1.82, 2.24) is 4.98 Å². The first-order valence-corrected chi connectivity index (χ1v) is 11.1. The predicted octanol–water partition coefficient (Wildman–Crippen LogP) is 2.85. The Morgan fingerprint density at radius 3 is 2.48 bits per heavy atom. The maximum Gasteiger partial charge on any atom is 0.350 e. The van der Waals surface area contributed by atoms with Crippen LogP contribution in [-0.2, 0) is 26.1 Å². The number of aryl methyl sites for hydroxylation is 1. The summed E-state index contributed by atoms with van der Waals surface area (Å²) in [4.78, 5) is 39.5. The number of carboxylic acid groups (broad SMARTS) is 1. The minimum atomic E-state index is -1.48. The molecule has 0 fully saturated rings. The number of esters is 1. The average Bonchev–Trinajstić information content (AvgIpc) is 2.99. The van der Waals surface area contributed by atoms with Crippen LogP contribution in [0, 0.1) is 12.8 Å². The van der Waals surface area contributed by atoms with Gasteiger partial charge in [-0.2, -0.15) is 0 Å². The van der Waals surface area contributed by atoms with Gasteiger partial charge in [0.2, 0.25) is 5.91 Å².